The van der Waals surface area contributed by atoms with Gasteiger partial charge in [0, 0.05) is 68.5 Å². The first-order valence-corrected chi connectivity index (χ1v) is 15.5. The number of methoxy groups -OCH3 is 2. The van der Waals surface area contributed by atoms with E-state index in [-0.39, 0.29) is 34.6 Å². The second-order valence-electron chi connectivity index (χ2n) is 11.3. The van der Waals surface area contributed by atoms with Crippen molar-refractivity contribution in [2.45, 2.75) is 25.0 Å². The molecule has 1 aliphatic heterocycles. The van der Waals surface area contributed by atoms with Crippen molar-refractivity contribution in [1.82, 2.24) is 25.4 Å². The highest BCUT2D eigenvalue weighted by atomic mass is 35.5. The van der Waals surface area contributed by atoms with Crippen LogP contribution in [0, 0.1) is 5.92 Å². The molecule has 0 radical (unpaired) electrons. The van der Waals surface area contributed by atoms with Crippen molar-refractivity contribution in [2.24, 2.45) is 13.0 Å². The Bertz CT molecular complexity index is 1900. The van der Waals surface area contributed by atoms with Gasteiger partial charge in [0.1, 0.15) is 5.56 Å². The Balaban J connectivity index is 1.31. The molecular formula is C33H32Cl2N6O5. The molecular weight excluding hydrogens is 631 g/mol. The Hall–Kier alpha value is -4.29. The fourth-order valence-corrected chi connectivity index (χ4v) is 6.70. The van der Waals surface area contributed by atoms with Crippen molar-refractivity contribution in [1.29, 1.82) is 0 Å². The molecule has 13 heteroatoms. The normalized spacial score (nSPS) is 18.7. The monoisotopic (exact) mass is 662 g/mol. The first-order valence-electron chi connectivity index (χ1n) is 14.7. The van der Waals surface area contributed by atoms with Crippen LogP contribution in [-0.4, -0.2) is 60.0 Å². The number of carbonyl (C=O) groups is 2. The average molecular weight is 664 g/mol. The minimum atomic E-state index is -0.605. The summed E-state index contributed by atoms with van der Waals surface area (Å²) in [5.74, 6) is 0.138. The lowest BCUT2D eigenvalue weighted by Crippen LogP contribution is -2.34. The zero-order valence-electron chi connectivity index (χ0n) is 25.4. The Kier molecular flexibility index (Phi) is 9.10. The highest BCUT2D eigenvalue weighted by Crippen LogP contribution is 2.44. The number of aryl methyl sites for hydroxylation is 1. The molecule has 0 unspecified atom stereocenters. The molecule has 1 aliphatic carbocycles. The smallest absolute Gasteiger partial charge is 0.279 e. The van der Waals surface area contributed by atoms with E-state index in [4.69, 9.17) is 37.7 Å². The third-order valence-electron chi connectivity index (χ3n) is 8.46. The van der Waals surface area contributed by atoms with Gasteiger partial charge in [0.05, 0.1) is 40.7 Å². The van der Waals surface area contributed by atoms with Crippen molar-refractivity contribution in [3.63, 3.8) is 0 Å². The summed E-state index contributed by atoms with van der Waals surface area (Å²) in [5.41, 5.74) is 4.21. The second kappa shape index (κ2) is 13.2. The van der Waals surface area contributed by atoms with Crippen LogP contribution in [0.15, 0.2) is 59.5 Å². The van der Waals surface area contributed by atoms with E-state index in [0.29, 0.717) is 64.9 Å². The third kappa shape index (κ3) is 5.99. The number of hydrogen-bond donors (Lipinski definition) is 3. The number of fused-ring (bicyclic) bond motifs is 1. The molecule has 0 spiro atoms. The molecule has 3 heterocycles. The summed E-state index contributed by atoms with van der Waals surface area (Å²) < 4.78 is 12.8. The zero-order chi connectivity index (χ0) is 32.5. The standard InChI is InChI=1S/C33H32Cl2N6O5/c1-41-33(44)22(10-11-38-41)31(43)39-23-9-5-7-20(29(23)35)19-6-4-8-21(28(19)34)24-13-18-14-25(45-2)30(27(18)32(40-24)46-3)37-16-17-12-26(42)36-15-17/h4-11,13,17,25,30,37H,12,14-16H2,1-3H3,(H,36,42)(H,39,43)/t17-,25-,30-/m0/s1. The summed E-state index contributed by atoms with van der Waals surface area (Å²) >= 11 is 13.9. The maximum Gasteiger partial charge on any atom is 0.279 e. The topological polar surface area (TPSA) is 136 Å². The molecule has 11 nitrogen and oxygen atoms in total. The van der Waals surface area contributed by atoms with Gasteiger partial charge >= 0.3 is 0 Å². The maximum absolute atomic E-state index is 12.9. The number of hydrogen-bond acceptors (Lipinski definition) is 8. The Morgan fingerprint density at radius 1 is 1.04 bits per heavy atom. The number of rotatable bonds is 9. The van der Waals surface area contributed by atoms with Crippen LogP contribution >= 0.6 is 23.2 Å². The molecule has 1 saturated heterocycles. The molecule has 46 heavy (non-hydrogen) atoms. The summed E-state index contributed by atoms with van der Waals surface area (Å²) in [6.45, 7) is 1.30. The van der Waals surface area contributed by atoms with Crippen molar-refractivity contribution in [2.75, 3.05) is 32.6 Å². The first kappa shape index (κ1) is 31.7. The van der Waals surface area contributed by atoms with E-state index in [1.807, 2.05) is 24.3 Å². The summed E-state index contributed by atoms with van der Waals surface area (Å²) in [6, 6.07) is 14.0. The minimum absolute atomic E-state index is 0.0607. The van der Waals surface area contributed by atoms with Crippen molar-refractivity contribution in [3.05, 3.63) is 91.8 Å². The van der Waals surface area contributed by atoms with Gasteiger partial charge in [-0.3, -0.25) is 14.4 Å². The van der Waals surface area contributed by atoms with Crippen LogP contribution in [0.25, 0.3) is 22.4 Å². The predicted molar refractivity (Wildman–Crippen MR) is 175 cm³/mol. The van der Waals surface area contributed by atoms with Gasteiger partial charge in [0.15, 0.2) is 0 Å². The van der Waals surface area contributed by atoms with Crippen LogP contribution in [0.2, 0.25) is 10.0 Å². The number of aromatic nitrogens is 3. The fourth-order valence-electron chi connectivity index (χ4n) is 6.10. The molecule has 3 atom stereocenters. The number of halogens is 2. The number of ether oxygens (including phenoxy) is 2. The largest absolute Gasteiger partial charge is 0.481 e. The molecule has 3 N–H and O–H groups in total. The Morgan fingerprint density at radius 2 is 1.78 bits per heavy atom. The molecule has 0 saturated carbocycles. The molecule has 238 valence electrons. The van der Waals surface area contributed by atoms with Gasteiger partial charge < -0.3 is 25.4 Å². The Morgan fingerprint density at radius 3 is 2.50 bits per heavy atom. The van der Waals surface area contributed by atoms with Gasteiger partial charge in [0.2, 0.25) is 11.8 Å². The number of nitrogens with zero attached hydrogens (tertiary/aromatic N) is 3. The maximum atomic E-state index is 12.9. The van der Waals surface area contributed by atoms with Gasteiger partial charge in [-0.15, -0.1) is 0 Å². The number of pyridine rings is 1. The van der Waals surface area contributed by atoms with Gasteiger partial charge in [-0.25, -0.2) is 9.67 Å². The van der Waals surface area contributed by atoms with Crippen molar-refractivity contribution >= 4 is 40.7 Å². The summed E-state index contributed by atoms with van der Waals surface area (Å²) in [4.78, 5) is 41.9. The predicted octanol–water partition coefficient (Wildman–Crippen LogP) is 4.41. The molecule has 2 aromatic heterocycles. The molecule has 2 amide bonds. The van der Waals surface area contributed by atoms with E-state index < -0.39 is 11.5 Å². The molecule has 6 rings (SSSR count). The summed E-state index contributed by atoms with van der Waals surface area (Å²) in [6.07, 6.45) is 2.38. The minimum Gasteiger partial charge on any atom is -0.481 e. The SMILES string of the molecule is COc1nc(-c2cccc(-c3cccc(NC(=O)c4ccnn(C)c4=O)c3Cl)c2Cl)cc2c1[C@@H](NC[C@@H]1CNC(=O)C1)[C@@H](OC)C2. The number of carbonyl (C=O) groups excluding carboxylic acids is 2. The average Bonchev–Trinajstić information content (AvgIpc) is 3.64. The van der Waals surface area contributed by atoms with Crippen LogP contribution in [0.3, 0.4) is 0 Å². The lowest BCUT2D eigenvalue weighted by Gasteiger charge is -2.23. The van der Waals surface area contributed by atoms with Crippen molar-refractivity contribution < 1.29 is 19.1 Å². The lowest BCUT2D eigenvalue weighted by molar-refractivity contribution is -0.119. The molecule has 1 fully saturated rings. The van der Waals surface area contributed by atoms with Crippen LogP contribution in [0.1, 0.15) is 33.9 Å². The molecule has 4 aromatic rings. The van der Waals surface area contributed by atoms with Gasteiger partial charge in [-0.05, 0) is 29.7 Å². The molecule has 2 aliphatic rings. The number of amides is 2. The number of anilines is 1. The van der Waals surface area contributed by atoms with E-state index in [1.165, 1.54) is 19.3 Å². The first-order chi connectivity index (χ1) is 22.2. The van der Waals surface area contributed by atoms with Crippen LogP contribution in [0.4, 0.5) is 5.69 Å². The van der Waals surface area contributed by atoms with E-state index in [2.05, 4.69) is 21.0 Å². The lowest BCUT2D eigenvalue weighted by atomic mass is 9.99. The molecule has 2 aromatic carbocycles. The summed E-state index contributed by atoms with van der Waals surface area (Å²) in [5, 5.41) is 13.7. The Labute approximate surface area is 275 Å². The van der Waals surface area contributed by atoms with Gasteiger partial charge in [0.25, 0.3) is 11.5 Å². The van der Waals surface area contributed by atoms with Gasteiger partial charge in [-0.2, -0.15) is 5.10 Å². The summed E-state index contributed by atoms with van der Waals surface area (Å²) in [7, 11) is 4.74. The van der Waals surface area contributed by atoms with E-state index in [1.54, 1.807) is 32.4 Å². The van der Waals surface area contributed by atoms with E-state index in [0.717, 1.165) is 15.8 Å². The highest BCUT2D eigenvalue weighted by molar-refractivity contribution is 6.39. The number of benzene rings is 2. The number of nitrogens with one attached hydrogen (secondary N) is 3. The van der Waals surface area contributed by atoms with E-state index >= 15 is 0 Å². The van der Waals surface area contributed by atoms with E-state index in [9.17, 15) is 14.4 Å². The molecule has 0 bridgehead atoms. The second-order valence-corrected chi connectivity index (χ2v) is 12.0. The quantitative estimate of drug-likeness (QED) is 0.240. The fraction of sp³-hybridized carbons (Fsp3) is 0.303. The zero-order valence-corrected chi connectivity index (χ0v) is 26.9. The van der Waals surface area contributed by atoms with Crippen molar-refractivity contribution in [3.8, 4) is 28.3 Å². The third-order valence-corrected chi connectivity index (χ3v) is 9.27. The van der Waals surface area contributed by atoms with Gasteiger partial charge in [-0.1, -0.05) is 53.5 Å². The van der Waals surface area contributed by atoms with Crippen LogP contribution in [-0.2, 0) is 23.0 Å². The highest BCUT2D eigenvalue weighted by Gasteiger charge is 2.37. The van der Waals surface area contributed by atoms with Crippen LogP contribution < -0.4 is 26.2 Å². The van der Waals surface area contributed by atoms with Crippen LogP contribution in [0.5, 0.6) is 5.88 Å².